The molecule has 0 bridgehead atoms. The second-order valence-electron chi connectivity index (χ2n) is 7.84. The van der Waals surface area contributed by atoms with E-state index in [1.807, 2.05) is 12.1 Å². The summed E-state index contributed by atoms with van der Waals surface area (Å²) in [6.45, 7) is 3.84. The molecule has 5 heteroatoms. The molecule has 1 fully saturated rings. The van der Waals surface area contributed by atoms with E-state index in [2.05, 4.69) is 63.5 Å². The van der Waals surface area contributed by atoms with Crippen molar-refractivity contribution in [2.75, 3.05) is 23.3 Å². The topological polar surface area (TPSA) is 58.1 Å². The van der Waals surface area contributed by atoms with Crippen molar-refractivity contribution >= 4 is 17.4 Å². The molecule has 154 valence electrons. The van der Waals surface area contributed by atoms with Crippen LogP contribution >= 0.6 is 0 Å². The zero-order valence-electron chi connectivity index (χ0n) is 17.4. The van der Waals surface area contributed by atoms with Crippen molar-refractivity contribution in [2.45, 2.75) is 32.6 Å². The van der Waals surface area contributed by atoms with Crippen molar-refractivity contribution < 1.29 is 4.79 Å². The number of aryl methyl sites for hydroxylation is 1. The number of carbonyl (C=O) groups excluding carboxylic acids is 1. The summed E-state index contributed by atoms with van der Waals surface area (Å²) in [5.74, 6) is 1.02. The molecule has 1 aliphatic heterocycles. The van der Waals surface area contributed by atoms with E-state index >= 15 is 0 Å². The highest BCUT2D eigenvalue weighted by Crippen LogP contribution is 2.25. The highest BCUT2D eigenvalue weighted by Gasteiger charge is 2.25. The Kier molecular flexibility index (Phi) is 6.38. The number of hydrogen-bond acceptors (Lipinski definition) is 4. The number of anilines is 2. The van der Waals surface area contributed by atoms with E-state index in [1.54, 1.807) is 18.6 Å². The van der Waals surface area contributed by atoms with Crippen molar-refractivity contribution in [3.05, 3.63) is 72.7 Å². The fraction of sp³-hybridized carbons (Fsp3) is 0.320. The van der Waals surface area contributed by atoms with Gasteiger partial charge in [-0.3, -0.25) is 9.78 Å². The Hall–Kier alpha value is -3.21. The fourth-order valence-electron chi connectivity index (χ4n) is 3.97. The molecular weight excluding hydrogens is 372 g/mol. The average molecular weight is 401 g/mol. The molecule has 1 aliphatic rings. The van der Waals surface area contributed by atoms with Gasteiger partial charge in [-0.1, -0.05) is 49.7 Å². The molecule has 0 spiro atoms. The first-order chi connectivity index (χ1) is 14.7. The van der Waals surface area contributed by atoms with Crippen LogP contribution in [0.25, 0.3) is 11.1 Å². The lowest BCUT2D eigenvalue weighted by molar-refractivity contribution is -0.120. The number of piperidine rings is 1. The molecule has 0 aliphatic carbocycles. The molecule has 0 atom stereocenters. The molecule has 5 nitrogen and oxygen atoms in total. The van der Waals surface area contributed by atoms with Gasteiger partial charge in [-0.05, 0) is 48.1 Å². The third-order valence-electron chi connectivity index (χ3n) is 5.72. The minimum Gasteiger partial charge on any atom is -0.355 e. The molecule has 2 heterocycles. The summed E-state index contributed by atoms with van der Waals surface area (Å²) in [4.78, 5) is 23.4. The van der Waals surface area contributed by atoms with E-state index in [0.29, 0.717) is 0 Å². The third-order valence-corrected chi connectivity index (χ3v) is 5.72. The van der Waals surface area contributed by atoms with Gasteiger partial charge in [-0.25, -0.2) is 4.98 Å². The fourth-order valence-corrected chi connectivity index (χ4v) is 3.97. The quantitative estimate of drug-likeness (QED) is 0.636. The molecule has 0 radical (unpaired) electrons. The number of nitrogens with zero attached hydrogens (tertiary/aromatic N) is 3. The number of rotatable bonds is 6. The molecule has 1 saturated heterocycles. The van der Waals surface area contributed by atoms with Crippen molar-refractivity contribution in [1.29, 1.82) is 0 Å². The van der Waals surface area contributed by atoms with Crippen LogP contribution in [0.4, 0.5) is 11.5 Å². The maximum Gasteiger partial charge on any atom is 0.227 e. The van der Waals surface area contributed by atoms with E-state index in [9.17, 15) is 4.79 Å². The van der Waals surface area contributed by atoms with Crippen LogP contribution in [-0.4, -0.2) is 29.0 Å². The maximum absolute atomic E-state index is 12.7. The first-order valence-electron chi connectivity index (χ1n) is 10.7. The number of aromatic nitrogens is 2. The summed E-state index contributed by atoms with van der Waals surface area (Å²) < 4.78 is 0. The van der Waals surface area contributed by atoms with E-state index in [-0.39, 0.29) is 11.8 Å². The predicted octanol–water partition coefficient (Wildman–Crippen LogP) is 4.95. The van der Waals surface area contributed by atoms with Gasteiger partial charge in [-0.2, -0.15) is 0 Å². The summed E-state index contributed by atoms with van der Waals surface area (Å²) in [5.41, 5.74) is 4.58. The predicted molar refractivity (Wildman–Crippen MR) is 121 cm³/mol. The van der Waals surface area contributed by atoms with Gasteiger partial charge in [0, 0.05) is 37.1 Å². The summed E-state index contributed by atoms with van der Waals surface area (Å²) >= 11 is 0. The molecule has 1 N–H and O–H groups in total. The van der Waals surface area contributed by atoms with E-state index in [1.165, 1.54) is 11.1 Å². The number of benzene rings is 2. The lowest BCUT2D eigenvalue weighted by Gasteiger charge is -2.31. The van der Waals surface area contributed by atoms with E-state index < -0.39 is 0 Å². The second-order valence-corrected chi connectivity index (χ2v) is 7.84. The Morgan fingerprint density at radius 3 is 2.27 bits per heavy atom. The van der Waals surface area contributed by atoms with Crippen LogP contribution in [0.15, 0.2) is 67.1 Å². The lowest BCUT2D eigenvalue weighted by Crippen LogP contribution is -2.38. The maximum atomic E-state index is 12.7. The molecule has 30 heavy (non-hydrogen) atoms. The summed E-state index contributed by atoms with van der Waals surface area (Å²) in [7, 11) is 0. The van der Waals surface area contributed by atoms with Gasteiger partial charge in [0.1, 0.15) is 5.82 Å². The number of nitrogens with one attached hydrogen (secondary N) is 1. The van der Waals surface area contributed by atoms with Crippen LogP contribution in [-0.2, 0) is 11.2 Å². The molecule has 0 saturated carbocycles. The summed E-state index contributed by atoms with van der Waals surface area (Å²) in [6, 6.07) is 16.8. The van der Waals surface area contributed by atoms with Crippen molar-refractivity contribution in [1.82, 2.24) is 9.97 Å². The second kappa shape index (κ2) is 9.53. The van der Waals surface area contributed by atoms with E-state index in [4.69, 9.17) is 0 Å². The van der Waals surface area contributed by atoms with Gasteiger partial charge in [-0.15, -0.1) is 0 Å². The van der Waals surface area contributed by atoms with Crippen LogP contribution in [0.2, 0.25) is 0 Å². The van der Waals surface area contributed by atoms with Gasteiger partial charge in [0.15, 0.2) is 0 Å². The molecule has 3 aromatic rings. The minimum absolute atomic E-state index is 0.0312. The smallest absolute Gasteiger partial charge is 0.227 e. The van der Waals surface area contributed by atoms with Gasteiger partial charge in [0.25, 0.3) is 0 Å². The molecule has 0 unspecified atom stereocenters. The SMILES string of the molecule is CCCc1ccc(-c2ccc(NC(=O)C3CCN(c4cnccn4)CC3)cc2)cc1. The Labute approximate surface area is 178 Å². The summed E-state index contributed by atoms with van der Waals surface area (Å²) in [6.07, 6.45) is 9.08. The van der Waals surface area contributed by atoms with Crippen LogP contribution in [0, 0.1) is 5.92 Å². The number of hydrogen-bond donors (Lipinski definition) is 1. The Morgan fingerprint density at radius 2 is 1.67 bits per heavy atom. The van der Waals surface area contributed by atoms with Gasteiger partial charge in [0.05, 0.1) is 6.20 Å². The first-order valence-corrected chi connectivity index (χ1v) is 10.7. The van der Waals surface area contributed by atoms with Crippen molar-refractivity contribution in [3.8, 4) is 11.1 Å². The normalized spacial score (nSPS) is 14.5. The number of carbonyl (C=O) groups is 1. The molecule has 2 aromatic carbocycles. The van der Waals surface area contributed by atoms with Crippen molar-refractivity contribution in [3.63, 3.8) is 0 Å². The van der Waals surface area contributed by atoms with Gasteiger partial charge < -0.3 is 10.2 Å². The Balaban J connectivity index is 1.32. The average Bonchev–Trinajstić information content (AvgIpc) is 2.81. The van der Waals surface area contributed by atoms with Crippen LogP contribution < -0.4 is 10.2 Å². The van der Waals surface area contributed by atoms with Gasteiger partial charge in [0.2, 0.25) is 5.91 Å². The molecular formula is C25H28N4O. The highest BCUT2D eigenvalue weighted by atomic mass is 16.1. The monoisotopic (exact) mass is 400 g/mol. The number of amides is 1. The van der Waals surface area contributed by atoms with Crippen LogP contribution in [0.1, 0.15) is 31.7 Å². The van der Waals surface area contributed by atoms with E-state index in [0.717, 1.165) is 55.8 Å². The van der Waals surface area contributed by atoms with Crippen molar-refractivity contribution in [2.24, 2.45) is 5.92 Å². The molecule has 1 amide bonds. The highest BCUT2D eigenvalue weighted by molar-refractivity contribution is 5.93. The first kappa shape index (κ1) is 20.1. The molecule has 4 rings (SSSR count). The zero-order chi connectivity index (χ0) is 20.8. The largest absolute Gasteiger partial charge is 0.355 e. The third kappa shape index (κ3) is 4.85. The van der Waals surface area contributed by atoms with Crippen LogP contribution in [0.3, 0.4) is 0 Å². The van der Waals surface area contributed by atoms with Crippen LogP contribution in [0.5, 0.6) is 0 Å². The Morgan fingerprint density at radius 1 is 1.00 bits per heavy atom. The standard InChI is InChI=1S/C25H28N4O/c1-2-3-19-4-6-20(7-5-19)21-8-10-23(11-9-21)28-25(30)22-12-16-29(17-13-22)24-18-26-14-15-27-24/h4-11,14-15,18,22H,2-3,12-13,16-17H2,1H3,(H,28,30). The molecule has 1 aromatic heterocycles. The Bertz CT molecular complexity index is 947. The summed E-state index contributed by atoms with van der Waals surface area (Å²) in [5, 5.41) is 3.09. The minimum atomic E-state index is 0.0312. The van der Waals surface area contributed by atoms with Gasteiger partial charge >= 0.3 is 0 Å². The lowest BCUT2D eigenvalue weighted by atomic mass is 9.95. The zero-order valence-corrected chi connectivity index (χ0v) is 17.4.